The molecule has 4 aromatic rings. The van der Waals surface area contributed by atoms with Crippen LogP contribution in [0.3, 0.4) is 0 Å². The van der Waals surface area contributed by atoms with Crippen LogP contribution in [0.25, 0.3) is 0 Å². The zero-order valence-corrected chi connectivity index (χ0v) is 25.4. The van der Waals surface area contributed by atoms with Gasteiger partial charge in [-0.3, -0.25) is 13.9 Å². The van der Waals surface area contributed by atoms with Crippen molar-refractivity contribution in [3.8, 4) is 11.5 Å². The van der Waals surface area contributed by atoms with Gasteiger partial charge in [0.2, 0.25) is 11.8 Å². The molecule has 0 radical (unpaired) electrons. The van der Waals surface area contributed by atoms with Gasteiger partial charge in [0.15, 0.2) is 0 Å². The number of para-hydroxylation sites is 1. The summed E-state index contributed by atoms with van der Waals surface area (Å²) in [6.45, 7) is 5.09. The van der Waals surface area contributed by atoms with E-state index < -0.39 is 28.5 Å². The molecule has 0 aromatic heterocycles. The fourth-order valence-corrected chi connectivity index (χ4v) is 5.96. The number of anilines is 1. The highest BCUT2D eigenvalue weighted by Gasteiger charge is 2.32. The number of carbonyl (C=O) groups is 2. The molecule has 0 aliphatic rings. The van der Waals surface area contributed by atoms with Crippen LogP contribution >= 0.6 is 0 Å². The van der Waals surface area contributed by atoms with Crippen molar-refractivity contribution in [2.24, 2.45) is 0 Å². The van der Waals surface area contributed by atoms with E-state index in [1.165, 1.54) is 17.0 Å². The predicted octanol–water partition coefficient (Wildman–Crippen LogP) is 5.66. The molecule has 1 atom stereocenters. The van der Waals surface area contributed by atoms with Gasteiger partial charge in [-0.2, -0.15) is 0 Å². The molecule has 0 unspecified atom stereocenters. The van der Waals surface area contributed by atoms with Crippen LogP contribution in [0.1, 0.15) is 26.3 Å². The van der Waals surface area contributed by atoms with Crippen molar-refractivity contribution in [1.82, 2.24) is 10.2 Å². The van der Waals surface area contributed by atoms with E-state index >= 15 is 0 Å². The van der Waals surface area contributed by atoms with Gasteiger partial charge >= 0.3 is 0 Å². The number of nitrogens with one attached hydrogen (secondary N) is 1. The van der Waals surface area contributed by atoms with E-state index in [-0.39, 0.29) is 23.4 Å². The van der Waals surface area contributed by atoms with Crippen molar-refractivity contribution in [2.45, 2.75) is 44.2 Å². The highest BCUT2D eigenvalue weighted by molar-refractivity contribution is 7.92. The molecule has 43 heavy (non-hydrogen) atoms. The first-order valence-electron chi connectivity index (χ1n) is 14.2. The first-order chi connectivity index (χ1) is 20.6. The number of hydrogen-bond acceptors (Lipinski definition) is 5. The highest BCUT2D eigenvalue weighted by Crippen LogP contribution is 2.28. The standard InChI is InChI=1S/C34H37N3O5S/c1-26(2)35-34(39)27(3)36(24-23-28-13-7-4-8-14-28)33(38)25-37(43(40,41)32-17-11-6-12-18-32)29-19-21-31(22-20-29)42-30-15-9-5-10-16-30/h4-22,26-27H,23-25H2,1-3H3,(H,35,39)/t27-/m0/s1. The van der Waals surface area contributed by atoms with Crippen LogP contribution in [-0.4, -0.2) is 50.3 Å². The lowest BCUT2D eigenvalue weighted by molar-refractivity contribution is -0.139. The number of hydrogen-bond donors (Lipinski definition) is 1. The maximum Gasteiger partial charge on any atom is 0.264 e. The van der Waals surface area contributed by atoms with E-state index in [4.69, 9.17) is 4.74 Å². The number of amides is 2. The minimum atomic E-state index is -4.14. The van der Waals surface area contributed by atoms with Gasteiger partial charge in [-0.15, -0.1) is 0 Å². The molecule has 2 amide bonds. The van der Waals surface area contributed by atoms with Crippen molar-refractivity contribution in [2.75, 3.05) is 17.4 Å². The Morgan fingerprint density at radius 2 is 1.28 bits per heavy atom. The van der Waals surface area contributed by atoms with E-state index in [1.807, 2.05) is 74.5 Å². The monoisotopic (exact) mass is 599 g/mol. The lowest BCUT2D eigenvalue weighted by atomic mass is 10.1. The normalized spacial score (nSPS) is 11.9. The summed E-state index contributed by atoms with van der Waals surface area (Å²) in [4.78, 5) is 28.5. The van der Waals surface area contributed by atoms with Crippen molar-refractivity contribution in [1.29, 1.82) is 0 Å². The van der Waals surface area contributed by atoms with Crippen molar-refractivity contribution in [3.05, 3.63) is 121 Å². The van der Waals surface area contributed by atoms with Crippen LogP contribution in [0.2, 0.25) is 0 Å². The van der Waals surface area contributed by atoms with Gasteiger partial charge in [0.1, 0.15) is 24.1 Å². The first-order valence-corrected chi connectivity index (χ1v) is 15.6. The minimum absolute atomic E-state index is 0.0499. The molecule has 0 saturated carbocycles. The molecule has 224 valence electrons. The fourth-order valence-electron chi connectivity index (χ4n) is 4.53. The second kappa shape index (κ2) is 14.5. The molecule has 0 aliphatic carbocycles. The number of benzene rings is 4. The quantitative estimate of drug-likeness (QED) is 0.214. The molecule has 8 nitrogen and oxygen atoms in total. The van der Waals surface area contributed by atoms with Crippen molar-refractivity contribution in [3.63, 3.8) is 0 Å². The lowest BCUT2D eigenvalue weighted by Crippen LogP contribution is -2.53. The number of ether oxygens (including phenoxy) is 1. The molecule has 4 rings (SSSR count). The van der Waals surface area contributed by atoms with E-state index in [1.54, 1.807) is 49.4 Å². The Morgan fingerprint density at radius 1 is 0.744 bits per heavy atom. The summed E-state index contributed by atoms with van der Waals surface area (Å²) >= 11 is 0. The Kier molecular flexibility index (Phi) is 10.6. The van der Waals surface area contributed by atoms with E-state index in [2.05, 4.69) is 5.32 Å². The third-order valence-corrected chi connectivity index (χ3v) is 8.58. The second-order valence-corrected chi connectivity index (χ2v) is 12.3. The van der Waals surface area contributed by atoms with Crippen LogP contribution in [0, 0.1) is 0 Å². The van der Waals surface area contributed by atoms with Crippen LogP contribution in [-0.2, 0) is 26.0 Å². The number of sulfonamides is 1. The van der Waals surface area contributed by atoms with Gasteiger partial charge in [-0.1, -0.05) is 66.7 Å². The van der Waals surface area contributed by atoms with E-state index in [0.29, 0.717) is 23.6 Å². The van der Waals surface area contributed by atoms with Gasteiger partial charge in [-0.05, 0) is 81.3 Å². The van der Waals surface area contributed by atoms with E-state index in [9.17, 15) is 18.0 Å². The Bertz CT molecular complexity index is 1580. The maximum absolute atomic E-state index is 14.0. The third kappa shape index (κ3) is 8.45. The van der Waals surface area contributed by atoms with Crippen LogP contribution in [0.15, 0.2) is 120 Å². The summed E-state index contributed by atoms with van der Waals surface area (Å²) in [6, 6.07) is 32.4. The largest absolute Gasteiger partial charge is 0.457 e. The number of rotatable bonds is 13. The third-order valence-electron chi connectivity index (χ3n) is 6.80. The van der Waals surface area contributed by atoms with Crippen LogP contribution in [0.5, 0.6) is 11.5 Å². The summed E-state index contributed by atoms with van der Waals surface area (Å²) in [6.07, 6.45) is 0.503. The molecule has 0 aliphatic heterocycles. The molecule has 0 fully saturated rings. The minimum Gasteiger partial charge on any atom is -0.457 e. The van der Waals surface area contributed by atoms with Gasteiger partial charge in [0.25, 0.3) is 10.0 Å². The molecule has 0 heterocycles. The molecular weight excluding hydrogens is 562 g/mol. The maximum atomic E-state index is 14.0. The molecular formula is C34H37N3O5S. The Morgan fingerprint density at radius 3 is 1.86 bits per heavy atom. The average molecular weight is 600 g/mol. The molecule has 1 N–H and O–H groups in total. The lowest BCUT2D eigenvalue weighted by Gasteiger charge is -2.32. The Hall–Kier alpha value is -4.63. The molecule has 4 aromatic carbocycles. The number of nitrogens with zero attached hydrogens (tertiary/aromatic N) is 2. The van der Waals surface area contributed by atoms with Crippen molar-refractivity contribution < 1.29 is 22.7 Å². The average Bonchev–Trinajstić information content (AvgIpc) is 3.01. The summed E-state index contributed by atoms with van der Waals surface area (Å²) in [5.74, 6) is 0.353. The molecule has 0 bridgehead atoms. The molecule has 0 spiro atoms. The predicted molar refractivity (Wildman–Crippen MR) is 169 cm³/mol. The Balaban J connectivity index is 1.65. The molecule has 0 saturated heterocycles. The van der Waals surface area contributed by atoms with Gasteiger partial charge < -0.3 is 15.0 Å². The summed E-state index contributed by atoms with van der Waals surface area (Å²) in [5, 5.41) is 2.86. The smallest absolute Gasteiger partial charge is 0.264 e. The first kappa shape index (κ1) is 31.3. The van der Waals surface area contributed by atoms with Crippen LogP contribution in [0.4, 0.5) is 5.69 Å². The summed E-state index contributed by atoms with van der Waals surface area (Å²) < 4.78 is 34.8. The summed E-state index contributed by atoms with van der Waals surface area (Å²) in [5.41, 5.74) is 1.29. The Labute approximate surface area is 254 Å². The highest BCUT2D eigenvalue weighted by atomic mass is 32.2. The van der Waals surface area contributed by atoms with Crippen LogP contribution < -0.4 is 14.4 Å². The zero-order chi connectivity index (χ0) is 30.8. The molecule has 9 heteroatoms. The van der Waals surface area contributed by atoms with Gasteiger partial charge in [0.05, 0.1) is 10.6 Å². The van der Waals surface area contributed by atoms with E-state index in [0.717, 1.165) is 9.87 Å². The van der Waals surface area contributed by atoms with Gasteiger partial charge in [0, 0.05) is 12.6 Å². The van der Waals surface area contributed by atoms with Gasteiger partial charge in [-0.25, -0.2) is 8.42 Å². The zero-order valence-electron chi connectivity index (χ0n) is 24.6. The fraction of sp³-hybridized carbons (Fsp3) is 0.235. The second-order valence-electron chi connectivity index (χ2n) is 10.4. The summed E-state index contributed by atoms with van der Waals surface area (Å²) in [7, 11) is -4.14. The number of carbonyl (C=O) groups excluding carboxylic acids is 2. The van der Waals surface area contributed by atoms with Crippen molar-refractivity contribution >= 4 is 27.5 Å². The SMILES string of the molecule is CC(C)NC(=O)[C@H](C)N(CCc1ccccc1)C(=O)CN(c1ccc(Oc2ccccc2)cc1)S(=O)(=O)c1ccccc1. The topological polar surface area (TPSA) is 96.0 Å².